The van der Waals surface area contributed by atoms with Gasteiger partial charge in [-0.2, -0.15) is 0 Å². The Balaban J connectivity index is 1.38. The first-order valence-corrected chi connectivity index (χ1v) is 11.1. The molecule has 9 heteroatoms. The molecule has 0 fully saturated rings. The Kier molecular flexibility index (Phi) is 8.89. The summed E-state index contributed by atoms with van der Waals surface area (Å²) in [4.78, 5) is 36.3. The smallest absolute Gasteiger partial charge is 0.323 e. The van der Waals surface area contributed by atoms with E-state index in [0.29, 0.717) is 23.9 Å². The molecule has 3 aromatic carbocycles. The van der Waals surface area contributed by atoms with Gasteiger partial charge in [0, 0.05) is 30.4 Å². The highest BCUT2D eigenvalue weighted by atomic mass is 19.1. The Morgan fingerprint density at radius 2 is 1.51 bits per heavy atom. The quantitative estimate of drug-likeness (QED) is 0.325. The molecule has 3 rings (SSSR count). The second-order valence-corrected chi connectivity index (χ2v) is 7.84. The molecular formula is C26H26F2N4O3. The normalized spacial score (nSPS) is 11.3. The summed E-state index contributed by atoms with van der Waals surface area (Å²) >= 11 is 0. The molecule has 1 unspecified atom stereocenters. The Bertz CT molecular complexity index is 1170. The van der Waals surface area contributed by atoms with E-state index in [1.54, 1.807) is 36.4 Å². The van der Waals surface area contributed by atoms with Crippen molar-refractivity contribution in [3.05, 3.63) is 95.6 Å². The molecule has 182 valence electrons. The summed E-state index contributed by atoms with van der Waals surface area (Å²) in [5, 5.41) is 10.9. The minimum absolute atomic E-state index is 0.163. The number of hydrogen-bond acceptors (Lipinski definition) is 3. The molecule has 0 saturated carbocycles. The molecule has 4 amide bonds. The van der Waals surface area contributed by atoms with Crippen molar-refractivity contribution in [2.75, 3.05) is 17.2 Å². The maximum absolute atomic E-state index is 13.6. The first kappa shape index (κ1) is 25.4. The van der Waals surface area contributed by atoms with Crippen LogP contribution < -0.4 is 21.3 Å². The van der Waals surface area contributed by atoms with Crippen LogP contribution in [-0.2, 0) is 4.79 Å². The zero-order chi connectivity index (χ0) is 25.2. The topological polar surface area (TPSA) is 99.3 Å². The lowest BCUT2D eigenvalue weighted by molar-refractivity contribution is -0.121. The van der Waals surface area contributed by atoms with Crippen molar-refractivity contribution in [1.82, 2.24) is 10.6 Å². The van der Waals surface area contributed by atoms with E-state index in [9.17, 15) is 23.2 Å². The number of rotatable bonds is 9. The number of benzene rings is 3. The van der Waals surface area contributed by atoms with Crippen LogP contribution >= 0.6 is 0 Å². The number of nitrogens with one attached hydrogen (secondary N) is 4. The predicted molar refractivity (Wildman–Crippen MR) is 130 cm³/mol. The van der Waals surface area contributed by atoms with Crippen LogP contribution in [0.15, 0.2) is 72.8 Å². The van der Waals surface area contributed by atoms with Gasteiger partial charge in [0.05, 0.1) is 11.6 Å². The number of halogens is 2. The van der Waals surface area contributed by atoms with Crippen molar-refractivity contribution in [2.24, 2.45) is 0 Å². The molecule has 3 aromatic rings. The van der Waals surface area contributed by atoms with Crippen LogP contribution in [0.5, 0.6) is 0 Å². The summed E-state index contributed by atoms with van der Waals surface area (Å²) in [5.41, 5.74) is 1.89. The number of para-hydroxylation sites is 1. The van der Waals surface area contributed by atoms with E-state index in [-0.39, 0.29) is 36.5 Å². The molecule has 0 aromatic heterocycles. The van der Waals surface area contributed by atoms with Crippen LogP contribution in [-0.4, -0.2) is 24.4 Å². The summed E-state index contributed by atoms with van der Waals surface area (Å²) in [7, 11) is 0. The van der Waals surface area contributed by atoms with Gasteiger partial charge in [-0.3, -0.25) is 9.59 Å². The first-order valence-electron chi connectivity index (χ1n) is 11.1. The van der Waals surface area contributed by atoms with E-state index in [2.05, 4.69) is 21.3 Å². The van der Waals surface area contributed by atoms with Gasteiger partial charge in [0.25, 0.3) is 5.91 Å². The van der Waals surface area contributed by atoms with Crippen LogP contribution in [0.2, 0.25) is 0 Å². The Morgan fingerprint density at radius 1 is 0.857 bits per heavy atom. The van der Waals surface area contributed by atoms with E-state index < -0.39 is 17.5 Å². The standard InChI is InChI=1S/C26H26F2N4O3/c1-17(18-9-12-21(13-10-18)32-26(35)31-20-6-3-2-4-7-20)30-24(33)8-5-15-29-25(34)22-14-11-19(27)16-23(22)28/h2-4,6-7,9-14,16-17H,5,8,15H2,1H3,(H,29,34)(H,30,33)(H2,31,32,35). The molecule has 0 saturated heterocycles. The number of urea groups is 1. The third-order valence-corrected chi connectivity index (χ3v) is 5.12. The summed E-state index contributed by atoms with van der Waals surface area (Å²) in [5.74, 6) is -2.57. The zero-order valence-electron chi connectivity index (χ0n) is 19.1. The van der Waals surface area contributed by atoms with E-state index in [0.717, 1.165) is 17.7 Å². The number of anilines is 2. The Hall–Kier alpha value is -4.27. The fraction of sp³-hybridized carbons (Fsp3) is 0.192. The second kappa shape index (κ2) is 12.3. The van der Waals surface area contributed by atoms with Crippen molar-refractivity contribution >= 4 is 29.2 Å². The molecule has 0 radical (unpaired) electrons. The fourth-order valence-electron chi connectivity index (χ4n) is 3.29. The highest BCUT2D eigenvalue weighted by Gasteiger charge is 2.13. The molecular weight excluding hydrogens is 454 g/mol. The van der Waals surface area contributed by atoms with Crippen LogP contribution in [0, 0.1) is 11.6 Å². The van der Waals surface area contributed by atoms with Crippen LogP contribution in [0.4, 0.5) is 25.0 Å². The summed E-state index contributed by atoms with van der Waals surface area (Å²) in [6.45, 7) is 2.00. The van der Waals surface area contributed by atoms with Gasteiger partial charge in [-0.1, -0.05) is 30.3 Å². The lowest BCUT2D eigenvalue weighted by Crippen LogP contribution is -2.29. The van der Waals surface area contributed by atoms with Crippen molar-refractivity contribution in [2.45, 2.75) is 25.8 Å². The van der Waals surface area contributed by atoms with Gasteiger partial charge in [-0.05, 0) is 55.3 Å². The lowest BCUT2D eigenvalue weighted by Gasteiger charge is -2.15. The summed E-state index contributed by atoms with van der Waals surface area (Å²) < 4.78 is 26.6. The van der Waals surface area contributed by atoms with Gasteiger partial charge in [0.1, 0.15) is 11.6 Å². The molecule has 35 heavy (non-hydrogen) atoms. The first-order chi connectivity index (χ1) is 16.8. The average Bonchev–Trinajstić information content (AvgIpc) is 2.82. The Labute approximate surface area is 201 Å². The molecule has 0 aliphatic rings. The second-order valence-electron chi connectivity index (χ2n) is 7.84. The van der Waals surface area contributed by atoms with Gasteiger partial charge >= 0.3 is 6.03 Å². The maximum atomic E-state index is 13.6. The van der Waals surface area contributed by atoms with E-state index in [4.69, 9.17) is 0 Å². The van der Waals surface area contributed by atoms with Crippen molar-refractivity contribution in [1.29, 1.82) is 0 Å². The van der Waals surface area contributed by atoms with Crippen LogP contribution in [0.3, 0.4) is 0 Å². The van der Waals surface area contributed by atoms with Gasteiger partial charge in [0.15, 0.2) is 0 Å². The maximum Gasteiger partial charge on any atom is 0.323 e. The van der Waals surface area contributed by atoms with E-state index in [1.165, 1.54) is 0 Å². The van der Waals surface area contributed by atoms with Crippen molar-refractivity contribution in [3.8, 4) is 0 Å². The predicted octanol–water partition coefficient (Wildman–Crippen LogP) is 5.00. The molecule has 0 bridgehead atoms. The zero-order valence-corrected chi connectivity index (χ0v) is 19.1. The molecule has 1 atom stereocenters. The molecule has 7 nitrogen and oxygen atoms in total. The van der Waals surface area contributed by atoms with E-state index >= 15 is 0 Å². The van der Waals surface area contributed by atoms with Crippen LogP contribution in [0.1, 0.15) is 41.7 Å². The fourth-order valence-corrected chi connectivity index (χ4v) is 3.29. The number of carbonyl (C=O) groups excluding carboxylic acids is 3. The van der Waals surface area contributed by atoms with Gasteiger partial charge in [0.2, 0.25) is 5.91 Å². The van der Waals surface area contributed by atoms with Crippen molar-refractivity contribution in [3.63, 3.8) is 0 Å². The van der Waals surface area contributed by atoms with Crippen LogP contribution in [0.25, 0.3) is 0 Å². The molecule has 0 aliphatic heterocycles. The summed E-state index contributed by atoms with van der Waals surface area (Å²) in [6.07, 6.45) is 0.516. The third-order valence-electron chi connectivity index (χ3n) is 5.12. The van der Waals surface area contributed by atoms with Crippen molar-refractivity contribution < 1.29 is 23.2 Å². The van der Waals surface area contributed by atoms with Gasteiger partial charge in [-0.25, -0.2) is 13.6 Å². The monoisotopic (exact) mass is 480 g/mol. The average molecular weight is 481 g/mol. The SMILES string of the molecule is CC(NC(=O)CCCNC(=O)c1ccc(F)cc1F)c1ccc(NC(=O)Nc2ccccc2)cc1. The van der Waals surface area contributed by atoms with Gasteiger partial charge < -0.3 is 21.3 Å². The number of carbonyl (C=O) groups is 3. The minimum Gasteiger partial charge on any atom is -0.352 e. The molecule has 0 spiro atoms. The Morgan fingerprint density at radius 3 is 2.17 bits per heavy atom. The molecule has 0 heterocycles. The lowest BCUT2D eigenvalue weighted by atomic mass is 10.1. The number of hydrogen-bond donors (Lipinski definition) is 4. The third kappa shape index (κ3) is 7.92. The van der Waals surface area contributed by atoms with Gasteiger partial charge in [-0.15, -0.1) is 0 Å². The highest BCUT2D eigenvalue weighted by molar-refractivity contribution is 5.99. The molecule has 0 aliphatic carbocycles. The minimum atomic E-state index is -0.938. The highest BCUT2D eigenvalue weighted by Crippen LogP contribution is 2.17. The largest absolute Gasteiger partial charge is 0.352 e. The molecule has 4 N–H and O–H groups in total. The summed E-state index contributed by atoms with van der Waals surface area (Å²) in [6, 6.07) is 18.3. The van der Waals surface area contributed by atoms with E-state index in [1.807, 2.05) is 25.1 Å². The number of amides is 4.